The number of hydrogen-bond donors (Lipinski definition) is 0. The highest BCUT2D eigenvalue weighted by Gasteiger charge is 2.73. The summed E-state index contributed by atoms with van der Waals surface area (Å²) in [6.45, 7) is 6.75. The molecule has 2 fully saturated rings. The highest BCUT2D eigenvalue weighted by atomic mass is 19.4. The van der Waals surface area contributed by atoms with Gasteiger partial charge < -0.3 is 4.74 Å². The van der Waals surface area contributed by atoms with Gasteiger partial charge in [0.2, 0.25) is 0 Å². The van der Waals surface area contributed by atoms with Crippen LogP contribution in [0.25, 0.3) is 0 Å². The molecule has 2 rings (SSSR count). The zero-order valence-corrected chi connectivity index (χ0v) is 12.6. The Hall–Kier alpha value is -0.460. The third-order valence-electron chi connectivity index (χ3n) is 4.03. The van der Waals surface area contributed by atoms with Crippen LogP contribution < -0.4 is 0 Å². The number of rotatable bonds is 1. The van der Waals surface area contributed by atoms with Gasteiger partial charge in [-0.15, -0.1) is 0 Å². The predicted molar refractivity (Wildman–Crippen MR) is 66.7 cm³/mol. The van der Waals surface area contributed by atoms with E-state index < -0.39 is 35.9 Å². The van der Waals surface area contributed by atoms with Crippen LogP contribution in [0.1, 0.15) is 47.0 Å². The summed E-state index contributed by atoms with van der Waals surface area (Å²) in [5, 5.41) is 0. The Balaban J connectivity index is 0.000000491. The molecule has 2 bridgehead atoms. The van der Waals surface area contributed by atoms with Crippen LogP contribution in [0, 0.1) is 17.3 Å². The Morgan fingerprint density at radius 3 is 1.57 bits per heavy atom. The van der Waals surface area contributed by atoms with Crippen molar-refractivity contribution in [3.05, 3.63) is 0 Å². The third kappa shape index (κ3) is 3.66. The Bertz CT molecular complexity index is 330. The minimum Gasteiger partial charge on any atom is -0.375 e. The molecule has 0 aliphatic carbocycles. The number of fused-ring (bicyclic) bond motifs is 2. The summed E-state index contributed by atoms with van der Waals surface area (Å²) in [6, 6.07) is 0. The second kappa shape index (κ2) is 5.97. The predicted octanol–water partition coefficient (Wildman–Crippen LogP) is 5.35. The summed E-state index contributed by atoms with van der Waals surface area (Å²) in [7, 11) is 0. The minimum absolute atomic E-state index is 0.153. The molecule has 0 aromatic carbocycles. The van der Waals surface area contributed by atoms with Crippen molar-refractivity contribution in [3.8, 4) is 0 Å². The Morgan fingerprint density at radius 1 is 0.905 bits per heavy atom. The topological polar surface area (TPSA) is 9.23 Å². The average molecular weight is 320 g/mol. The van der Waals surface area contributed by atoms with E-state index in [1.807, 2.05) is 0 Å². The van der Waals surface area contributed by atoms with Gasteiger partial charge in [0.1, 0.15) is 0 Å². The van der Waals surface area contributed by atoms with Gasteiger partial charge in [-0.1, -0.05) is 20.8 Å². The highest BCUT2D eigenvalue weighted by molar-refractivity contribution is 5.04. The number of hydrogen-bond acceptors (Lipinski definition) is 1. The Kier molecular flexibility index (Phi) is 5.29. The molecule has 7 heteroatoms. The molecular weight excluding hydrogens is 298 g/mol. The number of ether oxygens (including phenoxy) is 1. The zero-order chi connectivity index (χ0) is 16.6. The maximum atomic E-state index is 12.8. The second-order valence-electron chi connectivity index (χ2n) is 6.65. The van der Waals surface area contributed by atoms with E-state index in [4.69, 9.17) is 4.74 Å². The van der Waals surface area contributed by atoms with Gasteiger partial charge in [0.05, 0.1) is 12.2 Å². The van der Waals surface area contributed by atoms with E-state index >= 15 is 0 Å². The lowest BCUT2D eigenvalue weighted by Crippen LogP contribution is -2.55. The summed E-state index contributed by atoms with van der Waals surface area (Å²) < 4.78 is 81.9. The van der Waals surface area contributed by atoms with E-state index in [0.29, 0.717) is 6.42 Å². The summed E-state index contributed by atoms with van der Waals surface area (Å²) in [5.74, 6) is -0.679. The van der Waals surface area contributed by atoms with Crippen LogP contribution >= 0.6 is 0 Å². The molecule has 126 valence electrons. The Labute approximate surface area is 121 Å². The second-order valence-corrected chi connectivity index (χ2v) is 6.65. The molecule has 0 aromatic heterocycles. The molecule has 0 aromatic rings. The summed E-state index contributed by atoms with van der Waals surface area (Å²) in [6.07, 6.45) is -11.3. The third-order valence-corrected chi connectivity index (χ3v) is 4.03. The van der Waals surface area contributed by atoms with Gasteiger partial charge in [0, 0.05) is 5.92 Å². The number of alkyl halides is 6. The first-order chi connectivity index (χ1) is 9.30. The van der Waals surface area contributed by atoms with Crippen LogP contribution in [-0.4, -0.2) is 24.6 Å². The molecule has 0 radical (unpaired) electrons. The van der Waals surface area contributed by atoms with E-state index in [1.165, 1.54) is 0 Å². The Morgan fingerprint density at radius 2 is 1.33 bits per heavy atom. The quantitative estimate of drug-likeness (QED) is 0.592. The normalized spacial score (nSPS) is 29.6. The molecule has 3 unspecified atom stereocenters. The van der Waals surface area contributed by atoms with Gasteiger partial charge in [0.25, 0.3) is 0 Å². The van der Waals surface area contributed by atoms with Crippen LogP contribution in [0.5, 0.6) is 0 Å². The molecule has 1 nitrogen and oxygen atoms in total. The SMILES string of the molecule is CC(C)C.CC(C1CC2CCC1O2)(C(F)(F)F)C(F)(F)F. The van der Waals surface area contributed by atoms with Crippen LogP contribution in [0.4, 0.5) is 26.3 Å². The zero-order valence-electron chi connectivity index (χ0n) is 12.6. The molecule has 3 atom stereocenters. The fourth-order valence-electron chi connectivity index (χ4n) is 2.83. The average Bonchev–Trinajstić information content (AvgIpc) is 2.85. The van der Waals surface area contributed by atoms with Crippen LogP contribution in [-0.2, 0) is 4.74 Å². The lowest BCUT2D eigenvalue weighted by molar-refractivity contribution is -0.355. The molecule has 0 spiro atoms. The van der Waals surface area contributed by atoms with Crippen molar-refractivity contribution >= 4 is 0 Å². The largest absolute Gasteiger partial charge is 0.403 e. The van der Waals surface area contributed by atoms with Crippen molar-refractivity contribution in [2.75, 3.05) is 0 Å². The molecule has 0 amide bonds. The summed E-state index contributed by atoms with van der Waals surface area (Å²) >= 11 is 0. The standard InChI is InChI=1S/C10H12F6O.C4H10/c1-8(9(11,12)13,10(14,15)16)6-4-5-2-3-7(6)17-5;1-4(2)3/h5-7H,2-4H2,1H3;4H,1-3H3. The molecule has 2 aliphatic rings. The van der Waals surface area contributed by atoms with E-state index in [0.717, 1.165) is 5.92 Å². The van der Waals surface area contributed by atoms with Crippen molar-refractivity contribution < 1.29 is 31.1 Å². The first-order valence-electron chi connectivity index (χ1n) is 7.09. The van der Waals surface area contributed by atoms with Gasteiger partial charge in [-0.2, -0.15) is 26.3 Å². The minimum atomic E-state index is -5.30. The molecule has 0 saturated carbocycles. The van der Waals surface area contributed by atoms with Crippen LogP contribution in [0.3, 0.4) is 0 Å². The van der Waals surface area contributed by atoms with E-state index in [1.54, 1.807) is 0 Å². The molecule has 2 saturated heterocycles. The van der Waals surface area contributed by atoms with Gasteiger partial charge >= 0.3 is 12.4 Å². The van der Waals surface area contributed by atoms with Crippen molar-refractivity contribution in [3.63, 3.8) is 0 Å². The van der Waals surface area contributed by atoms with Gasteiger partial charge in [-0.3, -0.25) is 0 Å². The molecule has 0 N–H and O–H groups in total. The van der Waals surface area contributed by atoms with E-state index in [-0.39, 0.29) is 19.8 Å². The first kappa shape index (κ1) is 18.6. The smallest absolute Gasteiger partial charge is 0.375 e. The van der Waals surface area contributed by atoms with Crippen molar-refractivity contribution in [1.29, 1.82) is 0 Å². The lowest BCUT2D eigenvalue weighted by Gasteiger charge is -2.41. The monoisotopic (exact) mass is 320 g/mol. The highest BCUT2D eigenvalue weighted by Crippen LogP contribution is 2.60. The van der Waals surface area contributed by atoms with E-state index in [9.17, 15) is 26.3 Å². The lowest BCUT2D eigenvalue weighted by atomic mass is 9.68. The number of halogens is 6. The van der Waals surface area contributed by atoms with Gasteiger partial charge in [-0.25, -0.2) is 0 Å². The first-order valence-corrected chi connectivity index (χ1v) is 7.09. The van der Waals surface area contributed by atoms with Crippen molar-refractivity contribution in [2.24, 2.45) is 17.3 Å². The van der Waals surface area contributed by atoms with Crippen LogP contribution in [0.2, 0.25) is 0 Å². The molecule has 21 heavy (non-hydrogen) atoms. The molecule has 2 heterocycles. The summed E-state index contributed by atoms with van der Waals surface area (Å²) in [4.78, 5) is 0. The van der Waals surface area contributed by atoms with Crippen molar-refractivity contribution in [1.82, 2.24) is 0 Å². The maximum Gasteiger partial charge on any atom is 0.403 e. The maximum absolute atomic E-state index is 12.8. The van der Waals surface area contributed by atoms with Gasteiger partial charge in [0.15, 0.2) is 5.41 Å². The van der Waals surface area contributed by atoms with Crippen molar-refractivity contribution in [2.45, 2.75) is 71.5 Å². The van der Waals surface area contributed by atoms with Gasteiger partial charge in [-0.05, 0) is 32.1 Å². The van der Waals surface area contributed by atoms with E-state index in [2.05, 4.69) is 20.8 Å². The van der Waals surface area contributed by atoms with Crippen LogP contribution in [0.15, 0.2) is 0 Å². The fourth-order valence-corrected chi connectivity index (χ4v) is 2.83. The summed E-state index contributed by atoms with van der Waals surface area (Å²) in [5.41, 5.74) is -3.67. The molecular formula is C14H22F6O. The fraction of sp³-hybridized carbons (Fsp3) is 1.00. The molecule has 2 aliphatic heterocycles.